The highest BCUT2D eigenvalue weighted by Gasteiger charge is 2.22. The number of rotatable bonds is 1. The van der Waals surface area contributed by atoms with Gasteiger partial charge in [0.15, 0.2) is 0 Å². The van der Waals surface area contributed by atoms with Gasteiger partial charge in [0.1, 0.15) is 0 Å². The molecular formula is C8H12N4O. The number of methoxy groups -OCH3 is 1. The predicted octanol–water partition coefficient (Wildman–Crippen LogP) is 0.0128. The van der Waals surface area contributed by atoms with Gasteiger partial charge < -0.3 is 10.5 Å². The van der Waals surface area contributed by atoms with Crippen LogP contribution >= 0.6 is 0 Å². The Morgan fingerprint density at radius 1 is 1.38 bits per heavy atom. The van der Waals surface area contributed by atoms with E-state index in [0.717, 1.165) is 24.3 Å². The molecule has 2 rings (SSSR count). The number of ether oxygens (including phenoxy) is 1. The molecule has 0 aliphatic carbocycles. The van der Waals surface area contributed by atoms with Crippen LogP contribution in [0.3, 0.4) is 0 Å². The molecule has 0 fully saturated rings. The summed E-state index contributed by atoms with van der Waals surface area (Å²) in [6.07, 6.45) is 0. The first-order valence-electron chi connectivity index (χ1n) is 4.08. The molecule has 70 valence electrons. The molecule has 0 bridgehead atoms. The van der Waals surface area contributed by atoms with Crippen LogP contribution in [0.5, 0.6) is 5.88 Å². The number of hydrogen-bond donors (Lipinski definition) is 1. The van der Waals surface area contributed by atoms with Gasteiger partial charge in [-0.2, -0.15) is 4.98 Å². The first-order chi connectivity index (χ1) is 6.20. The predicted molar refractivity (Wildman–Crippen MR) is 48.2 cm³/mol. The van der Waals surface area contributed by atoms with E-state index in [0.29, 0.717) is 5.88 Å². The maximum absolute atomic E-state index is 5.53. The van der Waals surface area contributed by atoms with Gasteiger partial charge in [0, 0.05) is 13.1 Å². The van der Waals surface area contributed by atoms with E-state index in [1.54, 1.807) is 7.11 Å². The Morgan fingerprint density at radius 2 is 2.15 bits per heavy atom. The van der Waals surface area contributed by atoms with E-state index in [4.69, 9.17) is 10.5 Å². The molecule has 5 nitrogen and oxygen atoms in total. The van der Waals surface area contributed by atoms with E-state index in [1.165, 1.54) is 0 Å². The summed E-state index contributed by atoms with van der Waals surface area (Å²) in [7, 11) is 3.62. The number of aromatic nitrogens is 2. The van der Waals surface area contributed by atoms with E-state index in [2.05, 4.69) is 14.9 Å². The lowest BCUT2D eigenvalue weighted by Gasteiger charge is -2.05. The van der Waals surface area contributed by atoms with Gasteiger partial charge in [-0.3, -0.25) is 4.90 Å². The minimum atomic E-state index is 0.283. The number of nitrogens with two attached hydrogens (primary N) is 1. The first kappa shape index (κ1) is 8.25. The van der Waals surface area contributed by atoms with Crippen molar-refractivity contribution < 1.29 is 4.74 Å². The minimum Gasteiger partial charge on any atom is -0.481 e. The fourth-order valence-electron chi connectivity index (χ4n) is 1.57. The quantitative estimate of drug-likeness (QED) is 0.659. The maximum atomic E-state index is 5.53. The lowest BCUT2D eigenvalue weighted by atomic mass is 10.2. The monoisotopic (exact) mass is 180 g/mol. The summed E-state index contributed by atoms with van der Waals surface area (Å²) in [6.45, 7) is 1.65. The summed E-state index contributed by atoms with van der Waals surface area (Å²) in [5.74, 6) is 0.887. The van der Waals surface area contributed by atoms with Crippen molar-refractivity contribution >= 4 is 5.95 Å². The van der Waals surface area contributed by atoms with Crippen LogP contribution in [0.2, 0.25) is 0 Å². The zero-order valence-corrected chi connectivity index (χ0v) is 7.74. The third kappa shape index (κ3) is 1.31. The van der Waals surface area contributed by atoms with Crippen LogP contribution in [0.1, 0.15) is 11.3 Å². The number of fused-ring (bicyclic) bond motifs is 1. The fourth-order valence-corrected chi connectivity index (χ4v) is 1.57. The molecule has 0 saturated heterocycles. The maximum Gasteiger partial charge on any atom is 0.223 e. The molecule has 1 aromatic rings. The van der Waals surface area contributed by atoms with Gasteiger partial charge >= 0.3 is 0 Å². The Bertz CT molecular complexity index is 339. The minimum absolute atomic E-state index is 0.283. The van der Waals surface area contributed by atoms with Crippen molar-refractivity contribution in [1.29, 1.82) is 0 Å². The second-order valence-corrected chi connectivity index (χ2v) is 3.19. The van der Waals surface area contributed by atoms with Crippen LogP contribution in [-0.4, -0.2) is 29.0 Å². The molecule has 2 N–H and O–H groups in total. The SMILES string of the molecule is COc1nc(N)nc2c1CN(C)C2. The first-order valence-corrected chi connectivity index (χ1v) is 4.08. The summed E-state index contributed by atoms with van der Waals surface area (Å²) < 4.78 is 5.13. The normalized spacial score (nSPS) is 15.8. The van der Waals surface area contributed by atoms with E-state index >= 15 is 0 Å². The molecule has 1 aliphatic heterocycles. The second-order valence-electron chi connectivity index (χ2n) is 3.19. The van der Waals surface area contributed by atoms with Gasteiger partial charge in [-0.15, -0.1) is 0 Å². The Labute approximate surface area is 76.5 Å². The Hall–Kier alpha value is -1.36. The van der Waals surface area contributed by atoms with Gasteiger partial charge in [-0.25, -0.2) is 4.98 Å². The molecule has 1 aromatic heterocycles. The van der Waals surface area contributed by atoms with Gasteiger partial charge in [-0.05, 0) is 7.05 Å². The lowest BCUT2D eigenvalue weighted by molar-refractivity contribution is 0.342. The molecule has 0 atom stereocenters. The summed E-state index contributed by atoms with van der Waals surface area (Å²) in [6, 6.07) is 0. The number of anilines is 1. The standard InChI is InChI=1S/C8H12N4O/c1-12-3-5-6(4-12)10-8(9)11-7(5)13-2/h3-4H2,1-2H3,(H2,9,10,11). The molecule has 0 radical (unpaired) electrons. The van der Waals surface area contributed by atoms with Gasteiger partial charge in [0.05, 0.1) is 18.4 Å². The van der Waals surface area contributed by atoms with Crippen molar-refractivity contribution in [1.82, 2.24) is 14.9 Å². The third-order valence-corrected chi connectivity index (χ3v) is 2.11. The van der Waals surface area contributed by atoms with Crippen LogP contribution in [0.4, 0.5) is 5.95 Å². The largest absolute Gasteiger partial charge is 0.481 e. The molecular weight excluding hydrogens is 168 g/mol. The highest BCUT2D eigenvalue weighted by Crippen LogP contribution is 2.27. The molecule has 1 aliphatic rings. The smallest absolute Gasteiger partial charge is 0.223 e. The average Bonchev–Trinajstić information content (AvgIpc) is 2.43. The van der Waals surface area contributed by atoms with E-state index in [9.17, 15) is 0 Å². The zero-order chi connectivity index (χ0) is 9.42. The van der Waals surface area contributed by atoms with Crippen LogP contribution in [-0.2, 0) is 13.1 Å². The number of nitrogen functional groups attached to an aromatic ring is 1. The van der Waals surface area contributed by atoms with E-state index in [-0.39, 0.29) is 5.95 Å². The number of hydrogen-bond acceptors (Lipinski definition) is 5. The molecule has 0 amide bonds. The number of nitrogens with zero attached hydrogens (tertiary/aromatic N) is 3. The zero-order valence-electron chi connectivity index (χ0n) is 7.74. The Morgan fingerprint density at radius 3 is 2.85 bits per heavy atom. The van der Waals surface area contributed by atoms with E-state index < -0.39 is 0 Å². The van der Waals surface area contributed by atoms with Crippen molar-refractivity contribution in [3.8, 4) is 5.88 Å². The lowest BCUT2D eigenvalue weighted by Crippen LogP contribution is -2.07. The fraction of sp³-hybridized carbons (Fsp3) is 0.500. The molecule has 0 spiro atoms. The van der Waals surface area contributed by atoms with Crippen molar-refractivity contribution in [2.75, 3.05) is 19.9 Å². The molecule has 5 heteroatoms. The molecule has 0 saturated carbocycles. The van der Waals surface area contributed by atoms with Gasteiger partial charge in [-0.1, -0.05) is 0 Å². The van der Waals surface area contributed by atoms with Crippen LogP contribution in [0.25, 0.3) is 0 Å². The van der Waals surface area contributed by atoms with Crippen LogP contribution < -0.4 is 10.5 Å². The van der Waals surface area contributed by atoms with Crippen LogP contribution in [0, 0.1) is 0 Å². The van der Waals surface area contributed by atoms with Crippen molar-refractivity contribution in [2.45, 2.75) is 13.1 Å². The van der Waals surface area contributed by atoms with Gasteiger partial charge in [0.25, 0.3) is 0 Å². The highest BCUT2D eigenvalue weighted by atomic mass is 16.5. The topological polar surface area (TPSA) is 64.3 Å². The van der Waals surface area contributed by atoms with Crippen LogP contribution in [0.15, 0.2) is 0 Å². The average molecular weight is 180 g/mol. The van der Waals surface area contributed by atoms with Gasteiger partial charge in [0.2, 0.25) is 11.8 Å². The van der Waals surface area contributed by atoms with Crippen molar-refractivity contribution in [3.05, 3.63) is 11.3 Å². The second kappa shape index (κ2) is 2.85. The summed E-state index contributed by atoms with van der Waals surface area (Å²) in [4.78, 5) is 10.3. The third-order valence-electron chi connectivity index (χ3n) is 2.11. The van der Waals surface area contributed by atoms with Crippen molar-refractivity contribution in [3.63, 3.8) is 0 Å². The molecule has 2 heterocycles. The molecule has 13 heavy (non-hydrogen) atoms. The molecule has 0 aromatic carbocycles. The highest BCUT2D eigenvalue weighted by molar-refractivity contribution is 5.38. The van der Waals surface area contributed by atoms with Crippen molar-refractivity contribution in [2.24, 2.45) is 0 Å². The summed E-state index contributed by atoms with van der Waals surface area (Å²) in [5, 5.41) is 0. The Kier molecular flexibility index (Phi) is 1.81. The summed E-state index contributed by atoms with van der Waals surface area (Å²) >= 11 is 0. The summed E-state index contributed by atoms with van der Waals surface area (Å²) in [5.41, 5.74) is 7.57. The van der Waals surface area contributed by atoms with E-state index in [1.807, 2.05) is 7.05 Å². The molecule has 0 unspecified atom stereocenters. The Balaban J connectivity index is 2.50.